The molecule has 0 spiro atoms. The fourth-order valence-electron chi connectivity index (χ4n) is 3.68. The van der Waals surface area contributed by atoms with Gasteiger partial charge in [-0.25, -0.2) is 4.79 Å². The third kappa shape index (κ3) is 4.14. The molecule has 0 saturated heterocycles. The molecule has 1 aliphatic heterocycles. The summed E-state index contributed by atoms with van der Waals surface area (Å²) >= 11 is 0. The average Bonchev–Trinajstić information content (AvgIpc) is 2.60. The van der Waals surface area contributed by atoms with Crippen LogP contribution in [-0.2, 0) is 11.2 Å². The molecular weight excluding hydrogens is 326 g/mol. The molecule has 0 bridgehead atoms. The largest absolute Gasteiger partial charge is 0.508 e. The zero-order valence-electron chi connectivity index (χ0n) is 15.2. The number of aromatic hydroxyl groups is 1. The van der Waals surface area contributed by atoms with Gasteiger partial charge in [-0.2, -0.15) is 0 Å². The van der Waals surface area contributed by atoms with Gasteiger partial charge in [0.1, 0.15) is 5.75 Å². The van der Waals surface area contributed by atoms with E-state index >= 15 is 0 Å². The second-order valence-corrected chi connectivity index (χ2v) is 7.26. The number of benzene rings is 2. The average molecular weight is 351 g/mol. The molecule has 4 nitrogen and oxygen atoms in total. The smallest absolute Gasteiger partial charge is 0.328 e. The zero-order chi connectivity index (χ0) is 18.7. The monoisotopic (exact) mass is 351 g/mol. The number of carboxylic acid groups (broad SMARTS) is 1. The van der Waals surface area contributed by atoms with E-state index in [-0.39, 0.29) is 6.04 Å². The van der Waals surface area contributed by atoms with E-state index in [2.05, 4.69) is 30.9 Å². The number of carboxylic acids is 1. The van der Waals surface area contributed by atoms with E-state index in [1.54, 1.807) is 12.1 Å². The maximum absolute atomic E-state index is 10.7. The molecule has 2 aromatic carbocycles. The molecule has 1 atom stereocenters. The lowest BCUT2D eigenvalue weighted by Crippen LogP contribution is -2.38. The first kappa shape index (κ1) is 18.2. The number of fused-ring (bicyclic) bond motifs is 1. The number of hydrogen-bond donors (Lipinski definition) is 2. The molecule has 26 heavy (non-hydrogen) atoms. The maximum atomic E-state index is 10.7. The molecule has 0 amide bonds. The number of phenols is 1. The van der Waals surface area contributed by atoms with E-state index in [4.69, 9.17) is 5.11 Å². The molecule has 3 rings (SSSR count). The van der Waals surface area contributed by atoms with Crippen molar-refractivity contribution in [1.29, 1.82) is 0 Å². The lowest BCUT2D eigenvalue weighted by molar-refractivity contribution is -0.131. The molecule has 0 aromatic heterocycles. The molecule has 2 aromatic rings. The molecule has 4 heteroatoms. The van der Waals surface area contributed by atoms with Gasteiger partial charge in [-0.05, 0) is 52.8 Å². The van der Waals surface area contributed by atoms with E-state index in [9.17, 15) is 9.90 Å². The summed E-state index contributed by atoms with van der Waals surface area (Å²) in [5.41, 5.74) is 4.49. The summed E-state index contributed by atoms with van der Waals surface area (Å²) < 4.78 is 0. The second-order valence-electron chi connectivity index (χ2n) is 7.26. The molecule has 0 saturated carbocycles. The molecule has 0 aliphatic carbocycles. The van der Waals surface area contributed by atoms with Crippen LogP contribution in [0.5, 0.6) is 5.75 Å². The van der Waals surface area contributed by atoms with Crippen LogP contribution in [0.3, 0.4) is 0 Å². The van der Waals surface area contributed by atoms with Gasteiger partial charge >= 0.3 is 5.97 Å². The summed E-state index contributed by atoms with van der Waals surface area (Å²) in [5.74, 6) is -0.0684. The highest BCUT2D eigenvalue weighted by Crippen LogP contribution is 2.37. The molecule has 1 heterocycles. The first-order valence-corrected chi connectivity index (χ1v) is 9.01. The first-order valence-electron chi connectivity index (χ1n) is 9.01. The Bertz CT molecular complexity index is 809. The van der Waals surface area contributed by atoms with Crippen molar-refractivity contribution >= 4 is 12.0 Å². The summed E-state index contributed by atoms with van der Waals surface area (Å²) in [5, 5.41) is 18.6. The van der Waals surface area contributed by atoms with Gasteiger partial charge in [0.25, 0.3) is 0 Å². The number of rotatable bonds is 5. The summed E-state index contributed by atoms with van der Waals surface area (Å²) in [6.07, 6.45) is 3.69. The highest BCUT2D eigenvalue weighted by Gasteiger charge is 2.29. The minimum atomic E-state index is -0.946. The normalized spacial score (nSPS) is 17.6. The van der Waals surface area contributed by atoms with Crippen molar-refractivity contribution in [3.63, 3.8) is 0 Å². The van der Waals surface area contributed by atoms with E-state index in [0.29, 0.717) is 11.7 Å². The van der Waals surface area contributed by atoms with Crippen LogP contribution in [0.15, 0.2) is 48.5 Å². The van der Waals surface area contributed by atoms with Crippen molar-refractivity contribution in [1.82, 2.24) is 4.90 Å². The SMILES string of the molecule is CC(C)CN1CCc2cc(O)ccc2[C@H]1c1ccc(/C=C/C(=O)O)cc1. The van der Waals surface area contributed by atoms with Crippen LogP contribution in [-0.4, -0.2) is 34.2 Å². The lowest BCUT2D eigenvalue weighted by Gasteiger charge is -2.38. The predicted molar refractivity (Wildman–Crippen MR) is 103 cm³/mol. The van der Waals surface area contributed by atoms with Crippen molar-refractivity contribution in [2.75, 3.05) is 13.1 Å². The Morgan fingerprint density at radius 2 is 1.96 bits per heavy atom. The van der Waals surface area contributed by atoms with E-state index in [1.807, 2.05) is 24.3 Å². The van der Waals surface area contributed by atoms with Crippen molar-refractivity contribution < 1.29 is 15.0 Å². The van der Waals surface area contributed by atoms with Gasteiger partial charge in [0.15, 0.2) is 0 Å². The number of carbonyl (C=O) groups is 1. The second kappa shape index (κ2) is 7.75. The van der Waals surface area contributed by atoms with Crippen molar-refractivity contribution in [3.8, 4) is 5.75 Å². The summed E-state index contributed by atoms with van der Waals surface area (Å²) in [6.45, 7) is 6.41. The molecule has 0 unspecified atom stereocenters. The van der Waals surface area contributed by atoms with E-state index in [1.165, 1.54) is 16.7 Å². The van der Waals surface area contributed by atoms with Crippen LogP contribution in [0, 0.1) is 5.92 Å². The molecule has 0 fully saturated rings. The summed E-state index contributed by atoms with van der Waals surface area (Å²) in [6, 6.07) is 13.9. The van der Waals surface area contributed by atoms with Crippen LogP contribution in [0.1, 0.15) is 42.1 Å². The lowest BCUT2D eigenvalue weighted by atomic mass is 9.87. The zero-order valence-corrected chi connectivity index (χ0v) is 15.2. The summed E-state index contributed by atoms with van der Waals surface area (Å²) in [7, 11) is 0. The molecule has 2 N–H and O–H groups in total. The molecule has 0 radical (unpaired) electrons. The number of hydrogen-bond acceptors (Lipinski definition) is 3. The van der Waals surface area contributed by atoms with Gasteiger partial charge in [0, 0.05) is 19.2 Å². The fraction of sp³-hybridized carbons (Fsp3) is 0.318. The Morgan fingerprint density at radius 3 is 2.62 bits per heavy atom. The number of phenolic OH excluding ortho intramolecular Hbond substituents is 1. The van der Waals surface area contributed by atoms with Gasteiger partial charge in [0.05, 0.1) is 6.04 Å². The molecule has 136 valence electrons. The topological polar surface area (TPSA) is 60.8 Å². The Hall–Kier alpha value is -2.59. The Morgan fingerprint density at radius 1 is 1.23 bits per heavy atom. The van der Waals surface area contributed by atoms with Crippen LogP contribution in [0.4, 0.5) is 0 Å². The first-order chi connectivity index (χ1) is 12.4. The van der Waals surface area contributed by atoms with Gasteiger partial charge in [-0.3, -0.25) is 4.90 Å². The minimum absolute atomic E-state index is 0.152. The standard InChI is InChI=1S/C22H25NO3/c1-15(2)14-23-12-11-18-13-19(24)8-9-20(18)22(23)17-6-3-16(4-7-17)5-10-21(25)26/h3-10,13,15,22,24H,11-12,14H2,1-2H3,(H,25,26)/b10-5+/t22-/m1/s1. The Kier molecular flexibility index (Phi) is 5.43. The highest BCUT2D eigenvalue weighted by molar-refractivity contribution is 5.85. The van der Waals surface area contributed by atoms with Gasteiger partial charge in [-0.1, -0.05) is 44.2 Å². The third-order valence-corrected chi connectivity index (χ3v) is 4.72. The number of aliphatic carboxylic acids is 1. The van der Waals surface area contributed by atoms with Crippen molar-refractivity contribution in [2.24, 2.45) is 5.92 Å². The highest BCUT2D eigenvalue weighted by atomic mass is 16.4. The van der Waals surface area contributed by atoms with E-state index in [0.717, 1.165) is 31.1 Å². The van der Waals surface area contributed by atoms with Crippen LogP contribution in [0.2, 0.25) is 0 Å². The van der Waals surface area contributed by atoms with E-state index < -0.39 is 5.97 Å². The molecule has 1 aliphatic rings. The summed E-state index contributed by atoms with van der Waals surface area (Å²) in [4.78, 5) is 13.2. The quantitative estimate of drug-likeness (QED) is 0.797. The predicted octanol–water partition coefficient (Wildman–Crippen LogP) is 4.09. The fourth-order valence-corrected chi connectivity index (χ4v) is 3.68. The van der Waals surface area contributed by atoms with Gasteiger partial charge < -0.3 is 10.2 Å². The van der Waals surface area contributed by atoms with Gasteiger partial charge in [0.2, 0.25) is 0 Å². The Balaban J connectivity index is 1.96. The van der Waals surface area contributed by atoms with Crippen LogP contribution >= 0.6 is 0 Å². The molecular formula is C22H25NO3. The Labute approximate surface area is 154 Å². The van der Waals surface area contributed by atoms with Crippen molar-refractivity contribution in [2.45, 2.75) is 26.3 Å². The maximum Gasteiger partial charge on any atom is 0.328 e. The van der Waals surface area contributed by atoms with Crippen LogP contribution < -0.4 is 0 Å². The van der Waals surface area contributed by atoms with Crippen LogP contribution in [0.25, 0.3) is 6.08 Å². The third-order valence-electron chi connectivity index (χ3n) is 4.72. The van der Waals surface area contributed by atoms with Crippen molar-refractivity contribution in [3.05, 3.63) is 70.8 Å². The number of nitrogens with zero attached hydrogens (tertiary/aromatic N) is 1. The van der Waals surface area contributed by atoms with Gasteiger partial charge in [-0.15, -0.1) is 0 Å². The minimum Gasteiger partial charge on any atom is -0.508 e.